The van der Waals surface area contributed by atoms with Crippen molar-refractivity contribution in [2.24, 2.45) is 0 Å². The molecule has 0 atom stereocenters. The molecular formula is C12H16ClFN2. The quantitative estimate of drug-likeness (QED) is 0.750. The van der Waals surface area contributed by atoms with Crippen LogP contribution in [0.4, 0.5) is 10.1 Å². The normalized spacial score (nSPS) is 17.8. The number of alkyl halides is 1. The maximum atomic E-state index is 13.1. The molecule has 0 saturated carbocycles. The highest BCUT2D eigenvalue weighted by molar-refractivity contribution is 6.18. The van der Waals surface area contributed by atoms with E-state index in [2.05, 4.69) is 9.80 Å². The molecule has 88 valence electrons. The zero-order valence-electron chi connectivity index (χ0n) is 9.20. The highest BCUT2D eigenvalue weighted by Crippen LogP contribution is 2.17. The highest BCUT2D eigenvalue weighted by atomic mass is 35.5. The Morgan fingerprint density at radius 3 is 2.56 bits per heavy atom. The van der Waals surface area contributed by atoms with Gasteiger partial charge in [0.1, 0.15) is 5.82 Å². The van der Waals surface area contributed by atoms with Crippen LogP contribution in [0.25, 0.3) is 0 Å². The van der Waals surface area contributed by atoms with E-state index in [1.54, 1.807) is 12.1 Å². The van der Waals surface area contributed by atoms with Crippen LogP contribution in [-0.4, -0.2) is 43.5 Å². The molecule has 1 aliphatic rings. The Balaban J connectivity index is 1.94. The first-order chi connectivity index (χ1) is 7.79. The van der Waals surface area contributed by atoms with E-state index in [9.17, 15) is 4.39 Å². The topological polar surface area (TPSA) is 6.48 Å². The maximum absolute atomic E-state index is 13.1. The molecule has 4 heteroatoms. The van der Waals surface area contributed by atoms with E-state index in [0.717, 1.165) is 38.4 Å². The Kier molecular flexibility index (Phi) is 4.02. The van der Waals surface area contributed by atoms with Gasteiger partial charge in [0.05, 0.1) is 0 Å². The Labute approximate surface area is 101 Å². The van der Waals surface area contributed by atoms with Gasteiger partial charge in [0.15, 0.2) is 0 Å². The first-order valence-electron chi connectivity index (χ1n) is 5.58. The molecule has 1 aliphatic heterocycles. The smallest absolute Gasteiger partial charge is 0.125 e. The summed E-state index contributed by atoms with van der Waals surface area (Å²) in [6.07, 6.45) is 0. The molecule has 1 aromatic carbocycles. The molecule has 2 rings (SSSR count). The molecule has 0 N–H and O–H groups in total. The average Bonchev–Trinajstić information content (AvgIpc) is 2.30. The van der Waals surface area contributed by atoms with Gasteiger partial charge in [-0.25, -0.2) is 4.39 Å². The van der Waals surface area contributed by atoms with Gasteiger partial charge >= 0.3 is 0 Å². The fourth-order valence-corrected chi connectivity index (χ4v) is 2.26. The molecule has 1 aromatic rings. The summed E-state index contributed by atoms with van der Waals surface area (Å²) >= 11 is 5.70. The van der Waals surface area contributed by atoms with Gasteiger partial charge < -0.3 is 4.90 Å². The van der Waals surface area contributed by atoms with Crippen molar-refractivity contribution in [2.45, 2.75) is 0 Å². The van der Waals surface area contributed by atoms with Crippen molar-refractivity contribution in [3.8, 4) is 0 Å². The largest absolute Gasteiger partial charge is 0.369 e. The molecule has 0 radical (unpaired) electrons. The number of hydrogen-bond acceptors (Lipinski definition) is 2. The maximum Gasteiger partial charge on any atom is 0.125 e. The van der Waals surface area contributed by atoms with Crippen molar-refractivity contribution in [3.63, 3.8) is 0 Å². The lowest BCUT2D eigenvalue weighted by Gasteiger charge is -2.35. The summed E-state index contributed by atoms with van der Waals surface area (Å²) in [6, 6.07) is 6.79. The fourth-order valence-electron chi connectivity index (χ4n) is 2.02. The molecule has 0 amide bonds. The van der Waals surface area contributed by atoms with E-state index in [-0.39, 0.29) is 5.82 Å². The van der Waals surface area contributed by atoms with Gasteiger partial charge in [-0.2, -0.15) is 0 Å². The van der Waals surface area contributed by atoms with Gasteiger partial charge in [-0.15, -0.1) is 11.6 Å². The standard InChI is InChI=1S/C12H16ClFN2/c13-4-5-15-6-8-16(9-7-15)12-3-1-2-11(14)10-12/h1-3,10H,4-9H2. The van der Waals surface area contributed by atoms with Crippen LogP contribution in [0.5, 0.6) is 0 Å². The van der Waals surface area contributed by atoms with E-state index in [4.69, 9.17) is 11.6 Å². The zero-order valence-corrected chi connectivity index (χ0v) is 9.96. The van der Waals surface area contributed by atoms with Crippen molar-refractivity contribution in [2.75, 3.05) is 43.5 Å². The number of anilines is 1. The van der Waals surface area contributed by atoms with Crippen LogP contribution < -0.4 is 4.90 Å². The van der Waals surface area contributed by atoms with E-state index in [1.165, 1.54) is 6.07 Å². The number of benzene rings is 1. The molecule has 0 bridgehead atoms. The summed E-state index contributed by atoms with van der Waals surface area (Å²) in [5.41, 5.74) is 0.977. The van der Waals surface area contributed by atoms with Crippen molar-refractivity contribution < 1.29 is 4.39 Å². The van der Waals surface area contributed by atoms with Gasteiger partial charge in [-0.1, -0.05) is 6.07 Å². The fraction of sp³-hybridized carbons (Fsp3) is 0.500. The van der Waals surface area contributed by atoms with Crippen LogP contribution in [-0.2, 0) is 0 Å². The lowest BCUT2D eigenvalue weighted by molar-refractivity contribution is 0.272. The van der Waals surface area contributed by atoms with E-state index >= 15 is 0 Å². The van der Waals surface area contributed by atoms with Crippen LogP contribution in [0.15, 0.2) is 24.3 Å². The lowest BCUT2D eigenvalue weighted by atomic mass is 10.2. The lowest BCUT2D eigenvalue weighted by Crippen LogP contribution is -2.46. The van der Waals surface area contributed by atoms with Crippen LogP contribution >= 0.6 is 11.6 Å². The van der Waals surface area contributed by atoms with E-state index in [1.807, 2.05) is 6.07 Å². The van der Waals surface area contributed by atoms with Crippen molar-refractivity contribution in [3.05, 3.63) is 30.1 Å². The summed E-state index contributed by atoms with van der Waals surface area (Å²) in [7, 11) is 0. The van der Waals surface area contributed by atoms with Crippen LogP contribution in [0, 0.1) is 5.82 Å². The number of piperazine rings is 1. The number of halogens is 2. The van der Waals surface area contributed by atoms with Crippen LogP contribution in [0.3, 0.4) is 0 Å². The third-order valence-corrected chi connectivity index (χ3v) is 3.12. The Morgan fingerprint density at radius 2 is 1.94 bits per heavy atom. The van der Waals surface area contributed by atoms with Crippen LogP contribution in [0.1, 0.15) is 0 Å². The van der Waals surface area contributed by atoms with Crippen molar-refractivity contribution in [1.29, 1.82) is 0 Å². The van der Waals surface area contributed by atoms with Gasteiger partial charge in [-0.3, -0.25) is 4.90 Å². The average molecular weight is 243 g/mol. The third kappa shape index (κ3) is 2.86. The predicted octanol–water partition coefficient (Wildman–Crippen LogP) is 2.19. The predicted molar refractivity (Wildman–Crippen MR) is 65.8 cm³/mol. The Bertz CT molecular complexity index is 338. The second-order valence-corrected chi connectivity index (χ2v) is 4.38. The van der Waals surface area contributed by atoms with E-state index in [0.29, 0.717) is 5.88 Å². The van der Waals surface area contributed by atoms with Crippen LogP contribution in [0.2, 0.25) is 0 Å². The Morgan fingerprint density at radius 1 is 1.19 bits per heavy atom. The molecule has 1 saturated heterocycles. The molecule has 1 heterocycles. The first-order valence-corrected chi connectivity index (χ1v) is 6.12. The van der Waals surface area contributed by atoms with Gasteiger partial charge in [0.2, 0.25) is 0 Å². The summed E-state index contributed by atoms with van der Waals surface area (Å²) in [4.78, 5) is 4.55. The summed E-state index contributed by atoms with van der Waals surface area (Å²) in [5.74, 6) is 0.514. The minimum absolute atomic E-state index is 0.166. The third-order valence-electron chi connectivity index (χ3n) is 2.95. The molecule has 0 aromatic heterocycles. The number of rotatable bonds is 3. The summed E-state index contributed by atoms with van der Waals surface area (Å²) in [6.45, 7) is 4.84. The molecule has 16 heavy (non-hydrogen) atoms. The van der Waals surface area contributed by atoms with Crippen molar-refractivity contribution >= 4 is 17.3 Å². The molecule has 0 spiro atoms. The van der Waals surface area contributed by atoms with Gasteiger partial charge in [0, 0.05) is 44.3 Å². The molecule has 0 unspecified atom stereocenters. The van der Waals surface area contributed by atoms with Crippen molar-refractivity contribution in [1.82, 2.24) is 4.90 Å². The summed E-state index contributed by atoms with van der Waals surface area (Å²) < 4.78 is 13.1. The minimum Gasteiger partial charge on any atom is -0.369 e. The van der Waals surface area contributed by atoms with Gasteiger partial charge in [-0.05, 0) is 18.2 Å². The molecule has 1 fully saturated rings. The second kappa shape index (κ2) is 5.51. The number of hydrogen-bond donors (Lipinski definition) is 0. The first kappa shape index (κ1) is 11.7. The monoisotopic (exact) mass is 242 g/mol. The minimum atomic E-state index is -0.166. The van der Waals surface area contributed by atoms with E-state index < -0.39 is 0 Å². The Hall–Kier alpha value is -0.800. The SMILES string of the molecule is Fc1cccc(N2CCN(CCCl)CC2)c1. The summed E-state index contributed by atoms with van der Waals surface area (Å²) in [5, 5.41) is 0. The highest BCUT2D eigenvalue weighted by Gasteiger charge is 2.16. The molecular weight excluding hydrogens is 227 g/mol. The van der Waals surface area contributed by atoms with Gasteiger partial charge in [0.25, 0.3) is 0 Å². The molecule has 2 nitrogen and oxygen atoms in total. The number of nitrogens with zero attached hydrogens (tertiary/aromatic N) is 2. The molecule has 0 aliphatic carbocycles. The zero-order chi connectivity index (χ0) is 11.4. The second-order valence-electron chi connectivity index (χ2n) is 4.00.